The van der Waals surface area contributed by atoms with E-state index in [1.165, 1.54) is 4.90 Å². The summed E-state index contributed by atoms with van der Waals surface area (Å²) in [5.74, 6) is -0.601. The average molecular weight is 559 g/mol. The van der Waals surface area contributed by atoms with E-state index in [4.69, 9.17) is 11.6 Å². The molecule has 1 atom stereocenters. The molecule has 180 valence electrons. The number of anilines is 1. The fourth-order valence-corrected chi connectivity index (χ4v) is 4.51. The molecule has 0 fully saturated rings. The molecule has 0 aromatic heterocycles. The fourth-order valence-electron chi connectivity index (χ4n) is 3.09. The van der Waals surface area contributed by atoms with E-state index >= 15 is 0 Å². The van der Waals surface area contributed by atoms with Crippen molar-refractivity contribution in [1.82, 2.24) is 10.2 Å². The number of carbonyl (C=O) groups is 2. The van der Waals surface area contributed by atoms with Crippen LogP contribution >= 0.6 is 27.5 Å². The Hall–Kier alpha value is -2.10. The number of hydrogen-bond donors (Lipinski definition) is 1. The van der Waals surface area contributed by atoms with Crippen molar-refractivity contribution in [3.05, 3.63) is 63.6 Å². The number of amides is 2. The molecule has 0 aliphatic heterocycles. The molecule has 33 heavy (non-hydrogen) atoms. The lowest BCUT2D eigenvalue weighted by Crippen LogP contribution is -2.51. The first kappa shape index (κ1) is 27.1. The molecule has 0 saturated carbocycles. The lowest BCUT2D eigenvalue weighted by atomic mass is 10.1. The van der Waals surface area contributed by atoms with E-state index in [0.717, 1.165) is 10.6 Å². The first-order valence-electron chi connectivity index (χ1n) is 10.4. The third-order valence-corrected chi connectivity index (χ3v) is 6.93. The Morgan fingerprint density at radius 1 is 1.09 bits per heavy atom. The fraction of sp³-hybridized carbons (Fsp3) is 0.391. The van der Waals surface area contributed by atoms with Crippen molar-refractivity contribution in [2.45, 2.75) is 33.4 Å². The number of benzene rings is 2. The van der Waals surface area contributed by atoms with Crippen LogP contribution in [-0.4, -0.2) is 50.5 Å². The standard InChI is InChI=1S/C23H29BrClN3O4S/c1-16(2)13-26-23(30)17(3)27(14-18-8-5-6-11-21(18)25)22(29)15-28(33(4,31)32)20-10-7-9-19(24)12-20/h5-12,16-17H,13-15H2,1-4H3,(H,26,30). The van der Waals surface area contributed by atoms with Crippen LogP contribution in [0.3, 0.4) is 0 Å². The molecule has 1 unspecified atom stereocenters. The predicted molar refractivity (Wildman–Crippen MR) is 136 cm³/mol. The topological polar surface area (TPSA) is 86.8 Å². The number of nitrogens with one attached hydrogen (secondary N) is 1. The second-order valence-electron chi connectivity index (χ2n) is 8.18. The van der Waals surface area contributed by atoms with Crippen LogP contribution in [0.5, 0.6) is 0 Å². The first-order valence-corrected chi connectivity index (χ1v) is 13.5. The van der Waals surface area contributed by atoms with Crippen molar-refractivity contribution in [2.75, 3.05) is 23.7 Å². The minimum atomic E-state index is -3.77. The van der Waals surface area contributed by atoms with Gasteiger partial charge in [-0.25, -0.2) is 8.42 Å². The van der Waals surface area contributed by atoms with Gasteiger partial charge >= 0.3 is 0 Å². The predicted octanol–water partition coefficient (Wildman–Crippen LogP) is 4.06. The number of rotatable bonds is 10. The molecule has 2 amide bonds. The number of hydrogen-bond acceptors (Lipinski definition) is 4. The summed E-state index contributed by atoms with van der Waals surface area (Å²) in [6.45, 7) is 5.63. The normalized spacial score (nSPS) is 12.3. The third kappa shape index (κ3) is 8.01. The quantitative estimate of drug-likeness (QED) is 0.477. The van der Waals surface area contributed by atoms with Gasteiger partial charge in [0.1, 0.15) is 12.6 Å². The van der Waals surface area contributed by atoms with Crippen molar-refractivity contribution >= 4 is 55.1 Å². The molecule has 0 aliphatic carbocycles. The van der Waals surface area contributed by atoms with Crippen LogP contribution in [0, 0.1) is 5.92 Å². The highest BCUT2D eigenvalue weighted by Crippen LogP contribution is 2.24. The largest absolute Gasteiger partial charge is 0.354 e. The minimum Gasteiger partial charge on any atom is -0.354 e. The zero-order chi connectivity index (χ0) is 24.8. The Kier molecular flexibility index (Phi) is 9.75. The highest BCUT2D eigenvalue weighted by molar-refractivity contribution is 9.10. The van der Waals surface area contributed by atoms with E-state index in [2.05, 4.69) is 21.2 Å². The highest BCUT2D eigenvalue weighted by Gasteiger charge is 2.30. The number of halogens is 2. The van der Waals surface area contributed by atoms with E-state index in [0.29, 0.717) is 27.3 Å². The summed E-state index contributed by atoms with van der Waals surface area (Å²) in [5, 5.41) is 3.29. The molecule has 10 heteroatoms. The summed E-state index contributed by atoms with van der Waals surface area (Å²) in [6, 6.07) is 12.9. The SMILES string of the molecule is CC(C)CNC(=O)C(C)N(Cc1ccccc1Cl)C(=O)CN(c1cccc(Br)c1)S(C)(=O)=O. The minimum absolute atomic E-state index is 0.0604. The Balaban J connectivity index is 2.38. The summed E-state index contributed by atoms with van der Waals surface area (Å²) in [5.41, 5.74) is 0.999. The van der Waals surface area contributed by atoms with Gasteiger partial charge in [0.2, 0.25) is 21.8 Å². The van der Waals surface area contributed by atoms with Crippen molar-refractivity contribution < 1.29 is 18.0 Å². The zero-order valence-corrected chi connectivity index (χ0v) is 22.2. The molecule has 0 heterocycles. The Bertz CT molecular complexity index is 1090. The molecular formula is C23H29BrClN3O4S. The van der Waals surface area contributed by atoms with Crippen LogP contribution in [0.1, 0.15) is 26.3 Å². The molecule has 0 aliphatic rings. The maximum Gasteiger partial charge on any atom is 0.244 e. The van der Waals surface area contributed by atoms with Gasteiger partial charge in [-0.15, -0.1) is 0 Å². The maximum atomic E-state index is 13.4. The van der Waals surface area contributed by atoms with E-state index < -0.39 is 28.5 Å². The van der Waals surface area contributed by atoms with Gasteiger partial charge < -0.3 is 10.2 Å². The molecule has 2 rings (SSSR count). The van der Waals surface area contributed by atoms with E-state index in [1.807, 2.05) is 13.8 Å². The van der Waals surface area contributed by atoms with Crippen molar-refractivity contribution in [1.29, 1.82) is 0 Å². The number of carbonyl (C=O) groups excluding carboxylic acids is 2. The molecule has 0 spiro atoms. The molecule has 0 bridgehead atoms. The first-order chi connectivity index (χ1) is 15.4. The van der Waals surface area contributed by atoms with Gasteiger partial charge in [0.15, 0.2) is 0 Å². The average Bonchev–Trinajstić information content (AvgIpc) is 2.73. The Labute approximate surface area is 209 Å². The van der Waals surface area contributed by atoms with Gasteiger partial charge in [-0.05, 0) is 42.7 Å². The van der Waals surface area contributed by atoms with Crippen LogP contribution in [0.15, 0.2) is 53.0 Å². The van der Waals surface area contributed by atoms with E-state index in [9.17, 15) is 18.0 Å². The van der Waals surface area contributed by atoms with Gasteiger partial charge in [0.25, 0.3) is 0 Å². The second kappa shape index (κ2) is 11.9. The summed E-state index contributed by atoms with van der Waals surface area (Å²) in [4.78, 5) is 27.6. The summed E-state index contributed by atoms with van der Waals surface area (Å²) in [6.07, 6.45) is 1.04. The van der Waals surface area contributed by atoms with Gasteiger partial charge in [-0.1, -0.05) is 65.6 Å². The van der Waals surface area contributed by atoms with Gasteiger partial charge in [0.05, 0.1) is 11.9 Å². The molecular weight excluding hydrogens is 530 g/mol. The van der Waals surface area contributed by atoms with Crippen molar-refractivity contribution in [3.63, 3.8) is 0 Å². The molecule has 2 aromatic carbocycles. The third-order valence-electron chi connectivity index (χ3n) is 4.93. The van der Waals surface area contributed by atoms with Crippen LogP contribution in [0.4, 0.5) is 5.69 Å². The monoisotopic (exact) mass is 557 g/mol. The maximum absolute atomic E-state index is 13.4. The highest BCUT2D eigenvalue weighted by atomic mass is 79.9. The molecule has 7 nitrogen and oxygen atoms in total. The Morgan fingerprint density at radius 3 is 2.33 bits per heavy atom. The molecule has 0 saturated heterocycles. The van der Waals surface area contributed by atoms with E-state index in [1.54, 1.807) is 55.5 Å². The molecule has 2 aromatic rings. The van der Waals surface area contributed by atoms with Crippen LogP contribution in [0.2, 0.25) is 5.02 Å². The van der Waals surface area contributed by atoms with Gasteiger partial charge in [0, 0.05) is 22.6 Å². The number of nitrogens with zero attached hydrogens (tertiary/aromatic N) is 2. The van der Waals surface area contributed by atoms with Crippen LogP contribution in [0.25, 0.3) is 0 Å². The molecule has 1 N–H and O–H groups in total. The van der Waals surface area contributed by atoms with Gasteiger partial charge in [-0.3, -0.25) is 13.9 Å². The van der Waals surface area contributed by atoms with Crippen LogP contribution < -0.4 is 9.62 Å². The summed E-state index contributed by atoms with van der Waals surface area (Å²) < 4.78 is 26.8. The van der Waals surface area contributed by atoms with Gasteiger partial charge in [-0.2, -0.15) is 0 Å². The summed E-state index contributed by atoms with van der Waals surface area (Å²) in [7, 11) is -3.77. The smallest absolute Gasteiger partial charge is 0.244 e. The number of sulfonamides is 1. The van der Waals surface area contributed by atoms with Crippen molar-refractivity contribution in [2.24, 2.45) is 5.92 Å². The van der Waals surface area contributed by atoms with E-state index in [-0.39, 0.29) is 18.4 Å². The van der Waals surface area contributed by atoms with Crippen LogP contribution in [-0.2, 0) is 26.2 Å². The molecule has 0 radical (unpaired) electrons. The lowest BCUT2D eigenvalue weighted by molar-refractivity contribution is -0.139. The lowest BCUT2D eigenvalue weighted by Gasteiger charge is -2.31. The Morgan fingerprint density at radius 2 is 1.76 bits per heavy atom. The van der Waals surface area contributed by atoms with Crippen molar-refractivity contribution in [3.8, 4) is 0 Å². The second-order valence-corrected chi connectivity index (χ2v) is 11.4. The zero-order valence-electron chi connectivity index (χ0n) is 19.1. The summed E-state index contributed by atoms with van der Waals surface area (Å²) >= 11 is 9.63.